The number of carbonyl (C=O) groups excluding carboxylic acids is 2. The van der Waals surface area contributed by atoms with Gasteiger partial charge in [-0.2, -0.15) is 0 Å². The summed E-state index contributed by atoms with van der Waals surface area (Å²) in [7, 11) is 0. The van der Waals surface area contributed by atoms with Gasteiger partial charge in [0.25, 0.3) is 0 Å². The highest BCUT2D eigenvalue weighted by Crippen LogP contribution is 2.42. The number of nitrogens with zero attached hydrogens (tertiary/aromatic N) is 1. The summed E-state index contributed by atoms with van der Waals surface area (Å²) in [6.45, 7) is 4.36. The van der Waals surface area contributed by atoms with Crippen LogP contribution in [0.3, 0.4) is 0 Å². The van der Waals surface area contributed by atoms with E-state index in [2.05, 4.69) is 12.1 Å². The summed E-state index contributed by atoms with van der Waals surface area (Å²) in [5.41, 5.74) is 2.19. The van der Waals surface area contributed by atoms with Gasteiger partial charge in [-0.25, -0.2) is 4.79 Å². The fourth-order valence-corrected chi connectivity index (χ4v) is 4.62. The van der Waals surface area contributed by atoms with Gasteiger partial charge in [0.1, 0.15) is 0 Å². The number of hydrogen-bond donors (Lipinski definition) is 0. The van der Waals surface area contributed by atoms with Gasteiger partial charge < -0.3 is 14.4 Å². The van der Waals surface area contributed by atoms with Gasteiger partial charge in [-0.3, -0.25) is 4.79 Å². The molecule has 0 aromatic heterocycles. The summed E-state index contributed by atoms with van der Waals surface area (Å²) >= 11 is 0. The molecule has 0 N–H and O–H groups in total. The number of allylic oxidation sites excluding steroid dienone is 1. The van der Waals surface area contributed by atoms with Crippen molar-refractivity contribution in [2.75, 3.05) is 6.61 Å². The quantitative estimate of drug-likeness (QED) is 0.687. The van der Waals surface area contributed by atoms with E-state index in [4.69, 9.17) is 9.47 Å². The molecule has 2 aromatic carbocycles. The molecule has 30 heavy (non-hydrogen) atoms. The molecule has 5 nitrogen and oxygen atoms in total. The van der Waals surface area contributed by atoms with Crippen LogP contribution >= 0.6 is 0 Å². The smallest absolute Gasteiger partial charge is 0.347 e. The van der Waals surface area contributed by atoms with Crippen molar-refractivity contribution in [3.8, 4) is 0 Å². The van der Waals surface area contributed by atoms with Crippen LogP contribution in [-0.4, -0.2) is 35.5 Å². The van der Waals surface area contributed by atoms with Crippen LogP contribution < -0.4 is 0 Å². The number of hydrogen-bond acceptors (Lipinski definition) is 4. The summed E-state index contributed by atoms with van der Waals surface area (Å²) in [4.78, 5) is 28.2. The molecule has 0 radical (unpaired) electrons. The SMILES string of the molecule is CCOC(=O)[C@H]1OC(C)=C[C@H]2C(=O)N(Cc3ccccc3)[C@@H](Cc3ccccc3)[C@H]12. The maximum Gasteiger partial charge on any atom is 0.347 e. The Bertz CT molecular complexity index is 925. The summed E-state index contributed by atoms with van der Waals surface area (Å²) < 4.78 is 11.2. The Labute approximate surface area is 177 Å². The van der Waals surface area contributed by atoms with E-state index in [1.807, 2.05) is 59.5 Å². The summed E-state index contributed by atoms with van der Waals surface area (Å²) in [6, 6.07) is 19.9. The lowest BCUT2D eigenvalue weighted by atomic mass is 9.81. The van der Waals surface area contributed by atoms with Gasteiger partial charge in [-0.15, -0.1) is 0 Å². The molecular weight excluding hydrogens is 378 g/mol. The lowest BCUT2D eigenvalue weighted by molar-refractivity contribution is -0.160. The first kappa shape index (κ1) is 20.2. The van der Waals surface area contributed by atoms with E-state index in [-0.39, 0.29) is 30.4 Å². The average Bonchev–Trinajstić information content (AvgIpc) is 3.00. The molecule has 1 fully saturated rings. The summed E-state index contributed by atoms with van der Waals surface area (Å²) in [5.74, 6) is -0.425. The number of carbonyl (C=O) groups is 2. The highest BCUT2D eigenvalue weighted by Gasteiger charge is 2.55. The number of fused-ring (bicyclic) bond motifs is 1. The second-order valence-electron chi connectivity index (χ2n) is 7.88. The van der Waals surface area contributed by atoms with Gasteiger partial charge in [0, 0.05) is 18.5 Å². The fraction of sp³-hybridized carbons (Fsp3) is 0.360. The molecule has 0 unspecified atom stereocenters. The Hall–Kier alpha value is -3.08. The summed E-state index contributed by atoms with van der Waals surface area (Å²) in [5, 5.41) is 0. The second kappa shape index (κ2) is 8.74. The highest BCUT2D eigenvalue weighted by atomic mass is 16.6. The van der Waals surface area contributed by atoms with Crippen LogP contribution in [0.2, 0.25) is 0 Å². The van der Waals surface area contributed by atoms with Gasteiger partial charge in [-0.05, 0) is 37.5 Å². The predicted octanol–water partition coefficient (Wildman–Crippen LogP) is 3.74. The zero-order valence-electron chi connectivity index (χ0n) is 17.4. The average molecular weight is 405 g/mol. The molecule has 156 valence electrons. The standard InChI is InChI=1S/C25H27NO4/c1-3-29-25(28)23-22-20(14-17(2)30-23)24(27)26(16-19-12-8-5-9-13-19)21(22)15-18-10-6-4-7-11-18/h4-14,20-23H,3,15-16H2,1-2H3/t20-,21+,22-,23+/m1/s1. The normalized spacial score (nSPS) is 25.3. The molecule has 0 bridgehead atoms. The number of rotatable bonds is 6. The Morgan fingerprint density at radius 1 is 1.03 bits per heavy atom. The molecule has 5 heteroatoms. The number of ether oxygens (including phenoxy) is 2. The van der Waals surface area contributed by atoms with E-state index in [0.29, 0.717) is 18.7 Å². The zero-order valence-corrected chi connectivity index (χ0v) is 17.4. The van der Waals surface area contributed by atoms with E-state index < -0.39 is 12.1 Å². The van der Waals surface area contributed by atoms with Crippen LogP contribution in [0, 0.1) is 11.8 Å². The molecule has 1 amide bonds. The molecule has 0 saturated carbocycles. The van der Waals surface area contributed by atoms with Crippen molar-refractivity contribution in [1.82, 2.24) is 4.90 Å². The number of esters is 1. The first-order valence-electron chi connectivity index (χ1n) is 10.5. The molecule has 2 aliphatic heterocycles. The van der Waals surface area contributed by atoms with Gasteiger partial charge in [0.15, 0.2) is 0 Å². The molecular formula is C25H27NO4. The Kier molecular flexibility index (Phi) is 5.88. The zero-order chi connectivity index (χ0) is 21.1. The van der Waals surface area contributed by atoms with Crippen LogP contribution in [-0.2, 0) is 32.0 Å². The first-order valence-corrected chi connectivity index (χ1v) is 10.5. The minimum atomic E-state index is -0.779. The molecule has 2 aromatic rings. The van der Waals surface area contributed by atoms with Crippen LogP contribution in [0.5, 0.6) is 0 Å². The van der Waals surface area contributed by atoms with E-state index in [0.717, 1.165) is 11.1 Å². The maximum atomic E-state index is 13.5. The molecule has 4 atom stereocenters. The number of likely N-dealkylation sites (tertiary alicyclic amines) is 1. The first-order chi connectivity index (χ1) is 14.6. The monoisotopic (exact) mass is 405 g/mol. The largest absolute Gasteiger partial charge is 0.483 e. The molecule has 2 heterocycles. The number of amides is 1. The minimum Gasteiger partial charge on any atom is -0.483 e. The third kappa shape index (κ3) is 3.97. The van der Waals surface area contributed by atoms with E-state index >= 15 is 0 Å². The van der Waals surface area contributed by atoms with Crippen LogP contribution in [0.4, 0.5) is 0 Å². The maximum absolute atomic E-state index is 13.5. The van der Waals surface area contributed by atoms with Crippen molar-refractivity contribution < 1.29 is 19.1 Å². The third-order valence-electron chi connectivity index (χ3n) is 5.91. The lowest BCUT2D eigenvalue weighted by Crippen LogP contribution is -2.45. The second-order valence-corrected chi connectivity index (χ2v) is 7.88. The Morgan fingerprint density at radius 3 is 2.30 bits per heavy atom. The Balaban J connectivity index is 1.72. The molecule has 2 aliphatic rings. The molecule has 0 aliphatic carbocycles. The molecule has 0 spiro atoms. The fourth-order valence-electron chi connectivity index (χ4n) is 4.62. The van der Waals surface area contributed by atoms with Gasteiger partial charge in [-0.1, -0.05) is 60.7 Å². The van der Waals surface area contributed by atoms with E-state index in [1.54, 1.807) is 13.8 Å². The van der Waals surface area contributed by atoms with Crippen molar-refractivity contribution in [2.45, 2.75) is 39.0 Å². The number of benzene rings is 2. The van der Waals surface area contributed by atoms with Crippen molar-refractivity contribution in [2.24, 2.45) is 11.8 Å². The highest BCUT2D eigenvalue weighted by molar-refractivity contribution is 5.87. The van der Waals surface area contributed by atoms with Crippen LogP contribution in [0.25, 0.3) is 0 Å². The van der Waals surface area contributed by atoms with Gasteiger partial charge >= 0.3 is 5.97 Å². The van der Waals surface area contributed by atoms with Crippen molar-refractivity contribution in [1.29, 1.82) is 0 Å². The minimum absolute atomic E-state index is 0.0433. The van der Waals surface area contributed by atoms with E-state index in [1.165, 1.54) is 0 Å². The van der Waals surface area contributed by atoms with Crippen LogP contribution in [0.1, 0.15) is 25.0 Å². The van der Waals surface area contributed by atoms with E-state index in [9.17, 15) is 9.59 Å². The predicted molar refractivity (Wildman–Crippen MR) is 113 cm³/mol. The van der Waals surface area contributed by atoms with Gasteiger partial charge in [0.05, 0.1) is 18.3 Å². The third-order valence-corrected chi connectivity index (χ3v) is 5.91. The lowest BCUT2D eigenvalue weighted by Gasteiger charge is -2.34. The van der Waals surface area contributed by atoms with Gasteiger partial charge in [0.2, 0.25) is 12.0 Å². The van der Waals surface area contributed by atoms with Crippen molar-refractivity contribution in [3.05, 3.63) is 83.6 Å². The van der Waals surface area contributed by atoms with Crippen LogP contribution in [0.15, 0.2) is 72.5 Å². The Morgan fingerprint density at radius 2 is 1.67 bits per heavy atom. The topological polar surface area (TPSA) is 55.8 Å². The van der Waals surface area contributed by atoms with Crippen molar-refractivity contribution >= 4 is 11.9 Å². The summed E-state index contributed by atoms with van der Waals surface area (Å²) in [6.07, 6.45) is 1.75. The molecule has 4 rings (SSSR count). The van der Waals surface area contributed by atoms with Crippen molar-refractivity contribution in [3.63, 3.8) is 0 Å². The molecule has 1 saturated heterocycles.